The number of nitrogens with two attached hydrogens (primary N) is 1. The van der Waals surface area contributed by atoms with Crippen LogP contribution in [0.1, 0.15) is 57.9 Å². The van der Waals surface area contributed by atoms with E-state index in [1.165, 1.54) is 4.88 Å². The first-order valence-electron chi connectivity index (χ1n) is 7.98. The van der Waals surface area contributed by atoms with Crippen LogP contribution < -0.4 is 11.1 Å². The molecule has 0 aromatic carbocycles. The second kappa shape index (κ2) is 9.21. The topological polar surface area (TPSA) is 55.1 Å². The molecule has 0 aliphatic heterocycles. The Kier molecular flexibility index (Phi) is 7.97. The van der Waals surface area contributed by atoms with Crippen molar-refractivity contribution < 1.29 is 4.79 Å². The molecule has 1 amide bonds. The Morgan fingerprint density at radius 3 is 2.43 bits per heavy atom. The molecule has 0 aliphatic carbocycles. The van der Waals surface area contributed by atoms with Crippen LogP contribution in [0.4, 0.5) is 0 Å². The Morgan fingerprint density at radius 1 is 1.24 bits per heavy atom. The van der Waals surface area contributed by atoms with Gasteiger partial charge in [-0.15, -0.1) is 11.3 Å². The molecule has 1 heterocycles. The van der Waals surface area contributed by atoms with Crippen molar-refractivity contribution in [1.29, 1.82) is 0 Å². The maximum atomic E-state index is 12.2. The molecule has 2 atom stereocenters. The van der Waals surface area contributed by atoms with Gasteiger partial charge in [0.1, 0.15) is 0 Å². The molecule has 1 aromatic heterocycles. The molecule has 1 rings (SSSR count). The molecule has 21 heavy (non-hydrogen) atoms. The Bertz CT molecular complexity index is 401. The molecule has 3 N–H and O–H groups in total. The highest BCUT2D eigenvalue weighted by atomic mass is 32.1. The zero-order valence-corrected chi connectivity index (χ0v) is 14.6. The van der Waals surface area contributed by atoms with Crippen molar-refractivity contribution in [2.24, 2.45) is 23.5 Å². The molecular weight excluding hydrogens is 280 g/mol. The van der Waals surface area contributed by atoms with E-state index in [1.807, 2.05) is 6.07 Å². The van der Waals surface area contributed by atoms with Crippen molar-refractivity contribution in [3.8, 4) is 0 Å². The van der Waals surface area contributed by atoms with E-state index in [9.17, 15) is 4.79 Å². The van der Waals surface area contributed by atoms with E-state index in [-0.39, 0.29) is 11.9 Å². The molecule has 0 spiro atoms. The van der Waals surface area contributed by atoms with Crippen LogP contribution in [-0.4, -0.2) is 12.5 Å². The van der Waals surface area contributed by atoms with Gasteiger partial charge in [0.2, 0.25) is 5.91 Å². The van der Waals surface area contributed by atoms with Gasteiger partial charge in [-0.25, -0.2) is 0 Å². The summed E-state index contributed by atoms with van der Waals surface area (Å²) in [6.07, 6.45) is 2.52. The van der Waals surface area contributed by atoms with E-state index in [4.69, 9.17) is 5.73 Å². The molecule has 0 saturated heterocycles. The molecule has 1 aromatic rings. The fourth-order valence-electron chi connectivity index (χ4n) is 2.62. The van der Waals surface area contributed by atoms with Crippen LogP contribution in [0.15, 0.2) is 17.5 Å². The highest BCUT2D eigenvalue weighted by Crippen LogP contribution is 2.26. The van der Waals surface area contributed by atoms with Gasteiger partial charge in [0.25, 0.3) is 0 Å². The van der Waals surface area contributed by atoms with Crippen LogP contribution in [0.3, 0.4) is 0 Å². The van der Waals surface area contributed by atoms with Crippen molar-refractivity contribution >= 4 is 17.2 Å². The van der Waals surface area contributed by atoms with E-state index >= 15 is 0 Å². The largest absolute Gasteiger partial charge is 0.348 e. The molecule has 0 bridgehead atoms. The highest BCUT2D eigenvalue weighted by molar-refractivity contribution is 7.10. The van der Waals surface area contributed by atoms with Gasteiger partial charge >= 0.3 is 0 Å². The van der Waals surface area contributed by atoms with Gasteiger partial charge in [0.15, 0.2) is 0 Å². The van der Waals surface area contributed by atoms with Gasteiger partial charge < -0.3 is 11.1 Å². The van der Waals surface area contributed by atoms with Crippen LogP contribution in [0.2, 0.25) is 0 Å². The van der Waals surface area contributed by atoms with Crippen molar-refractivity contribution in [3.63, 3.8) is 0 Å². The van der Waals surface area contributed by atoms with Crippen molar-refractivity contribution in [2.75, 3.05) is 6.54 Å². The Labute approximate surface area is 133 Å². The molecule has 0 aliphatic rings. The minimum Gasteiger partial charge on any atom is -0.348 e. The van der Waals surface area contributed by atoms with E-state index in [1.54, 1.807) is 11.3 Å². The summed E-state index contributed by atoms with van der Waals surface area (Å²) < 4.78 is 0. The summed E-state index contributed by atoms with van der Waals surface area (Å²) in [5, 5.41) is 5.26. The number of hydrogen-bond acceptors (Lipinski definition) is 3. The number of nitrogens with one attached hydrogen (secondary N) is 1. The molecule has 0 fully saturated rings. The first-order chi connectivity index (χ1) is 9.95. The van der Waals surface area contributed by atoms with Crippen LogP contribution in [0, 0.1) is 17.8 Å². The Hall–Kier alpha value is -0.870. The van der Waals surface area contributed by atoms with E-state index in [2.05, 4.69) is 44.5 Å². The standard InChI is InChI=1S/C17H30N2OS/c1-12(2)14(9-10-18)7-8-16(20)19-17(13(3)4)15-6-5-11-21-15/h5-6,11-14,17H,7-10,18H2,1-4H3,(H,19,20). The number of rotatable bonds is 9. The minimum absolute atomic E-state index is 0.129. The van der Waals surface area contributed by atoms with E-state index in [0.717, 1.165) is 12.8 Å². The van der Waals surface area contributed by atoms with Gasteiger partial charge in [0, 0.05) is 11.3 Å². The summed E-state index contributed by atoms with van der Waals surface area (Å²) in [4.78, 5) is 13.5. The zero-order chi connectivity index (χ0) is 15.8. The zero-order valence-electron chi connectivity index (χ0n) is 13.8. The van der Waals surface area contributed by atoms with Crippen LogP contribution in [0.25, 0.3) is 0 Å². The lowest BCUT2D eigenvalue weighted by atomic mass is 9.88. The summed E-state index contributed by atoms with van der Waals surface area (Å²) >= 11 is 1.71. The second-order valence-corrected chi connectivity index (χ2v) is 7.40. The highest BCUT2D eigenvalue weighted by Gasteiger charge is 2.20. The Balaban J connectivity index is 2.51. The van der Waals surface area contributed by atoms with Gasteiger partial charge in [-0.05, 0) is 48.6 Å². The third-order valence-corrected chi connectivity index (χ3v) is 5.01. The number of carbonyl (C=O) groups excluding carboxylic acids is 1. The first kappa shape index (κ1) is 18.2. The molecular formula is C17H30N2OS. The predicted octanol–water partition coefficient (Wildman–Crippen LogP) is 3.96. The Morgan fingerprint density at radius 2 is 1.95 bits per heavy atom. The quantitative estimate of drug-likeness (QED) is 0.725. The van der Waals surface area contributed by atoms with Gasteiger partial charge in [-0.1, -0.05) is 33.8 Å². The molecule has 0 saturated carbocycles. The lowest BCUT2D eigenvalue weighted by Gasteiger charge is -2.23. The van der Waals surface area contributed by atoms with Crippen molar-refractivity contribution in [1.82, 2.24) is 5.32 Å². The fraction of sp³-hybridized carbons (Fsp3) is 0.706. The normalized spacial score (nSPS) is 14.4. The SMILES string of the molecule is CC(C)C(CCN)CCC(=O)NC(c1cccs1)C(C)C. The van der Waals surface area contributed by atoms with Crippen LogP contribution in [0.5, 0.6) is 0 Å². The van der Waals surface area contributed by atoms with E-state index < -0.39 is 0 Å². The maximum absolute atomic E-state index is 12.2. The van der Waals surface area contributed by atoms with Crippen LogP contribution in [-0.2, 0) is 4.79 Å². The maximum Gasteiger partial charge on any atom is 0.220 e. The molecule has 120 valence electrons. The summed E-state index contributed by atoms with van der Waals surface area (Å²) in [6, 6.07) is 4.27. The number of hydrogen-bond donors (Lipinski definition) is 2. The molecule has 3 nitrogen and oxygen atoms in total. The summed E-state index contributed by atoms with van der Waals surface area (Å²) in [6.45, 7) is 9.42. The number of thiophene rings is 1. The van der Waals surface area contributed by atoms with Crippen molar-refractivity contribution in [3.05, 3.63) is 22.4 Å². The average molecular weight is 311 g/mol. The lowest BCUT2D eigenvalue weighted by Crippen LogP contribution is -2.31. The number of carbonyl (C=O) groups is 1. The third kappa shape index (κ3) is 6.18. The molecule has 4 heteroatoms. The molecule has 2 unspecified atom stereocenters. The second-order valence-electron chi connectivity index (χ2n) is 6.42. The summed E-state index contributed by atoms with van der Waals surface area (Å²) in [7, 11) is 0. The van der Waals surface area contributed by atoms with Gasteiger partial charge in [-0.2, -0.15) is 0 Å². The van der Waals surface area contributed by atoms with Crippen molar-refractivity contribution in [2.45, 2.75) is 53.0 Å². The minimum atomic E-state index is 0.129. The average Bonchev–Trinajstić information content (AvgIpc) is 2.93. The monoisotopic (exact) mass is 310 g/mol. The molecule has 0 radical (unpaired) electrons. The first-order valence-corrected chi connectivity index (χ1v) is 8.86. The fourth-order valence-corrected chi connectivity index (χ4v) is 3.57. The smallest absolute Gasteiger partial charge is 0.220 e. The lowest BCUT2D eigenvalue weighted by molar-refractivity contribution is -0.122. The predicted molar refractivity (Wildman–Crippen MR) is 91.3 cm³/mol. The van der Waals surface area contributed by atoms with Gasteiger partial charge in [0.05, 0.1) is 6.04 Å². The summed E-state index contributed by atoms with van der Waals surface area (Å²) in [5.41, 5.74) is 5.66. The number of amides is 1. The van der Waals surface area contributed by atoms with E-state index in [0.29, 0.717) is 30.7 Å². The third-order valence-electron chi connectivity index (χ3n) is 4.06. The summed E-state index contributed by atoms with van der Waals surface area (Å²) in [5.74, 6) is 1.68. The van der Waals surface area contributed by atoms with Crippen LogP contribution >= 0.6 is 11.3 Å². The van der Waals surface area contributed by atoms with Gasteiger partial charge in [-0.3, -0.25) is 4.79 Å².